The second kappa shape index (κ2) is 6.42. The van der Waals surface area contributed by atoms with Gasteiger partial charge < -0.3 is 9.84 Å². The molecule has 0 bridgehead atoms. The van der Waals surface area contributed by atoms with Crippen LogP contribution in [0.3, 0.4) is 0 Å². The van der Waals surface area contributed by atoms with Gasteiger partial charge in [0.05, 0.1) is 6.10 Å². The number of benzene rings is 2. The summed E-state index contributed by atoms with van der Waals surface area (Å²) in [7, 11) is 0. The molecule has 0 aliphatic rings. The fraction of sp³-hybridized carbons (Fsp3) is 0.294. The van der Waals surface area contributed by atoms with Crippen molar-refractivity contribution in [3.63, 3.8) is 0 Å². The summed E-state index contributed by atoms with van der Waals surface area (Å²) < 4.78 is 6.62. The maximum atomic E-state index is 10.6. The second-order valence-corrected chi connectivity index (χ2v) is 5.91. The van der Waals surface area contributed by atoms with E-state index in [9.17, 15) is 5.11 Å². The highest BCUT2D eigenvalue weighted by molar-refractivity contribution is 9.10. The van der Waals surface area contributed by atoms with Crippen LogP contribution in [0.15, 0.2) is 46.9 Å². The number of ether oxygens (including phenoxy) is 1. The van der Waals surface area contributed by atoms with Gasteiger partial charge in [-0.15, -0.1) is 0 Å². The summed E-state index contributed by atoms with van der Waals surface area (Å²) in [5.41, 5.74) is 2.80. The fourth-order valence-corrected chi connectivity index (χ4v) is 2.57. The van der Waals surface area contributed by atoms with Crippen molar-refractivity contribution in [3.8, 4) is 5.75 Å². The van der Waals surface area contributed by atoms with Gasteiger partial charge in [0.15, 0.2) is 0 Å². The summed E-state index contributed by atoms with van der Waals surface area (Å²) >= 11 is 3.55. The summed E-state index contributed by atoms with van der Waals surface area (Å²) in [5, 5.41) is 10.6. The normalized spacial score (nSPS) is 12.5. The smallest absolute Gasteiger partial charge is 0.120 e. The molecule has 0 spiro atoms. The van der Waals surface area contributed by atoms with Crippen LogP contribution in [-0.2, 0) is 0 Å². The van der Waals surface area contributed by atoms with Gasteiger partial charge in [-0.25, -0.2) is 0 Å². The van der Waals surface area contributed by atoms with E-state index in [0.29, 0.717) is 0 Å². The molecule has 2 rings (SSSR count). The van der Waals surface area contributed by atoms with Gasteiger partial charge in [-0.05, 0) is 49.6 Å². The zero-order valence-electron chi connectivity index (χ0n) is 11.9. The van der Waals surface area contributed by atoms with Crippen molar-refractivity contribution < 1.29 is 9.84 Å². The molecule has 1 unspecified atom stereocenters. The van der Waals surface area contributed by atoms with Crippen molar-refractivity contribution >= 4 is 15.9 Å². The molecular weight excluding hydrogens is 316 g/mol. The standard InChI is InChI=1S/C17H19BrO2/c1-11(2)20-14-8-5-7-13(10-14)17(19)15-9-4-6-12(3)16(15)18/h4-11,17,19H,1-3H3. The Balaban J connectivity index is 2.33. The van der Waals surface area contributed by atoms with Gasteiger partial charge in [0.1, 0.15) is 11.9 Å². The number of aliphatic hydroxyl groups excluding tert-OH is 1. The lowest BCUT2D eigenvalue weighted by molar-refractivity contribution is 0.215. The van der Waals surface area contributed by atoms with E-state index in [0.717, 1.165) is 26.9 Å². The van der Waals surface area contributed by atoms with Gasteiger partial charge >= 0.3 is 0 Å². The molecule has 2 aromatic carbocycles. The van der Waals surface area contributed by atoms with E-state index in [2.05, 4.69) is 15.9 Å². The van der Waals surface area contributed by atoms with Crippen molar-refractivity contribution in [3.05, 3.63) is 63.6 Å². The Morgan fingerprint density at radius 3 is 2.50 bits per heavy atom. The molecule has 0 radical (unpaired) electrons. The third kappa shape index (κ3) is 3.41. The number of rotatable bonds is 4. The van der Waals surface area contributed by atoms with Crippen LogP contribution in [0.5, 0.6) is 5.75 Å². The first-order valence-electron chi connectivity index (χ1n) is 6.68. The van der Waals surface area contributed by atoms with E-state index >= 15 is 0 Å². The predicted molar refractivity (Wildman–Crippen MR) is 85.1 cm³/mol. The van der Waals surface area contributed by atoms with Crippen molar-refractivity contribution in [1.82, 2.24) is 0 Å². The number of aliphatic hydroxyl groups is 1. The topological polar surface area (TPSA) is 29.5 Å². The lowest BCUT2D eigenvalue weighted by Crippen LogP contribution is -2.07. The number of hydrogen-bond donors (Lipinski definition) is 1. The van der Waals surface area contributed by atoms with Crippen LogP contribution in [0.25, 0.3) is 0 Å². The zero-order valence-corrected chi connectivity index (χ0v) is 13.5. The Hall–Kier alpha value is -1.32. The maximum Gasteiger partial charge on any atom is 0.120 e. The highest BCUT2D eigenvalue weighted by Crippen LogP contribution is 2.32. The Morgan fingerprint density at radius 1 is 1.10 bits per heavy atom. The average molecular weight is 335 g/mol. The summed E-state index contributed by atoms with van der Waals surface area (Å²) in [6.07, 6.45) is -0.548. The molecule has 0 aromatic heterocycles. The minimum Gasteiger partial charge on any atom is -0.491 e. The van der Waals surface area contributed by atoms with Crippen molar-refractivity contribution in [2.75, 3.05) is 0 Å². The van der Waals surface area contributed by atoms with E-state index in [1.807, 2.05) is 63.2 Å². The Kier molecular flexibility index (Phi) is 4.84. The molecule has 0 fully saturated rings. The van der Waals surface area contributed by atoms with Gasteiger partial charge in [0.2, 0.25) is 0 Å². The molecule has 2 nitrogen and oxygen atoms in total. The van der Waals surface area contributed by atoms with Crippen LogP contribution in [-0.4, -0.2) is 11.2 Å². The largest absolute Gasteiger partial charge is 0.491 e. The first-order valence-corrected chi connectivity index (χ1v) is 7.48. The minimum absolute atomic E-state index is 0.119. The molecule has 0 heterocycles. The molecular formula is C17H19BrO2. The zero-order chi connectivity index (χ0) is 14.7. The summed E-state index contributed by atoms with van der Waals surface area (Å²) in [6, 6.07) is 13.5. The van der Waals surface area contributed by atoms with Crippen LogP contribution in [0.4, 0.5) is 0 Å². The van der Waals surface area contributed by atoms with Crippen molar-refractivity contribution in [2.45, 2.75) is 33.0 Å². The third-order valence-electron chi connectivity index (χ3n) is 3.06. The summed E-state index contributed by atoms with van der Waals surface area (Å²) in [5.74, 6) is 0.778. The highest BCUT2D eigenvalue weighted by Gasteiger charge is 2.15. The van der Waals surface area contributed by atoms with Crippen molar-refractivity contribution in [1.29, 1.82) is 0 Å². The Bertz CT molecular complexity index is 593. The second-order valence-electron chi connectivity index (χ2n) is 5.12. The van der Waals surface area contributed by atoms with E-state index in [1.165, 1.54) is 0 Å². The Morgan fingerprint density at radius 2 is 1.80 bits per heavy atom. The highest BCUT2D eigenvalue weighted by atomic mass is 79.9. The van der Waals surface area contributed by atoms with Crippen LogP contribution in [0, 0.1) is 6.92 Å². The summed E-state index contributed by atoms with van der Waals surface area (Å²) in [6.45, 7) is 5.99. The first kappa shape index (κ1) is 15.1. The van der Waals surface area contributed by atoms with E-state index in [4.69, 9.17) is 4.74 Å². The van der Waals surface area contributed by atoms with Gasteiger partial charge in [0.25, 0.3) is 0 Å². The van der Waals surface area contributed by atoms with Gasteiger partial charge in [0, 0.05) is 4.47 Å². The van der Waals surface area contributed by atoms with E-state index < -0.39 is 6.10 Å². The quantitative estimate of drug-likeness (QED) is 0.883. The van der Waals surface area contributed by atoms with Gasteiger partial charge in [-0.1, -0.05) is 46.3 Å². The first-order chi connectivity index (χ1) is 9.49. The molecule has 1 N–H and O–H groups in total. The van der Waals surface area contributed by atoms with Crippen LogP contribution >= 0.6 is 15.9 Å². The molecule has 0 saturated carbocycles. The lowest BCUT2D eigenvalue weighted by atomic mass is 10.00. The molecule has 0 saturated heterocycles. The van der Waals surface area contributed by atoms with E-state index in [1.54, 1.807) is 0 Å². The monoisotopic (exact) mass is 334 g/mol. The SMILES string of the molecule is Cc1cccc(C(O)c2cccc(OC(C)C)c2)c1Br. The molecule has 0 amide bonds. The van der Waals surface area contributed by atoms with Crippen LogP contribution in [0.1, 0.15) is 36.6 Å². The molecule has 1 atom stereocenters. The molecule has 0 aliphatic heterocycles. The third-order valence-corrected chi connectivity index (χ3v) is 4.15. The maximum absolute atomic E-state index is 10.6. The molecule has 20 heavy (non-hydrogen) atoms. The van der Waals surface area contributed by atoms with Crippen LogP contribution < -0.4 is 4.74 Å². The minimum atomic E-state index is -0.667. The summed E-state index contributed by atoms with van der Waals surface area (Å²) in [4.78, 5) is 0. The number of aryl methyl sites for hydroxylation is 1. The molecule has 0 aliphatic carbocycles. The van der Waals surface area contributed by atoms with E-state index in [-0.39, 0.29) is 6.10 Å². The molecule has 3 heteroatoms. The number of hydrogen-bond acceptors (Lipinski definition) is 2. The fourth-order valence-electron chi connectivity index (χ4n) is 2.09. The van der Waals surface area contributed by atoms with Crippen molar-refractivity contribution in [2.24, 2.45) is 0 Å². The number of halogens is 1. The Labute approximate surface area is 128 Å². The average Bonchev–Trinajstić information content (AvgIpc) is 2.41. The molecule has 106 valence electrons. The van der Waals surface area contributed by atoms with Crippen LogP contribution in [0.2, 0.25) is 0 Å². The van der Waals surface area contributed by atoms with Gasteiger partial charge in [-0.3, -0.25) is 0 Å². The van der Waals surface area contributed by atoms with Gasteiger partial charge in [-0.2, -0.15) is 0 Å². The lowest BCUT2D eigenvalue weighted by Gasteiger charge is -2.16. The predicted octanol–water partition coefficient (Wildman–Crippen LogP) is 4.63. The molecule has 2 aromatic rings.